The SMILES string of the molecule is CC(C)Cc1cccc(C(O)C2CCCO2)c1. The number of aliphatic hydroxyl groups excluding tert-OH is 1. The lowest BCUT2D eigenvalue weighted by molar-refractivity contribution is -0.00262. The summed E-state index contributed by atoms with van der Waals surface area (Å²) in [7, 11) is 0. The van der Waals surface area contributed by atoms with Crippen LogP contribution >= 0.6 is 0 Å². The number of aliphatic hydroxyl groups is 1. The molecule has 2 rings (SSSR count). The summed E-state index contributed by atoms with van der Waals surface area (Å²) in [4.78, 5) is 0. The second-order valence-electron chi connectivity index (χ2n) is 5.34. The number of ether oxygens (including phenoxy) is 1. The van der Waals surface area contributed by atoms with Crippen LogP contribution in [0.1, 0.15) is 43.9 Å². The molecule has 0 amide bonds. The summed E-state index contributed by atoms with van der Waals surface area (Å²) in [5, 5.41) is 10.3. The van der Waals surface area contributed by atoms with Crippen molar-refractivity contribution in [2.45, 2.75) is 45.3 Å². The Morgan fingerprint density at radius 3 is 2.88 bits per heavy atom. The maximum atomic E-state index is 10.3. The Hall–Kier alpha value is -0.860. The molecule has 1 aromatic rings. The summed E-state index contributed by atoms with van der Waals surface area (Å²) < 4.78 is 5.54. The van der Waals surface area contributed by atoms with Crippen molar-refractivity contribution in [3.8, 4) is 0 Å². The highest BCUT2D eigenvalue weighted by Crippen LogP contribution is 2.27. The Kier molecular flexibility index (Phi) is 4.19. The van der Waals surface area contributed by atoms with Crippen LogP contribution < -0.4 is 0 Å². The third-order valence-electron chi connectivity index (χ3n) is 3.25. The highest BCUT2D eigenvalue weighted by molar-refractivity contribution is 5.26. The highest BCUT2D eigenvalue weighted by Gasteiger charge is 2.25. The minimum atomic E-state index is -0.468. The van der Waals surface area contributed by atoms with Crippen LogP contribution in [0.3, 0.4) is 0 Å². The second kappa shape index (κ2) is 5.65. The zero-order valence-corrected chi connectivity index (χ0v) is 10.7. The van der Waals surface area contributed by atoms with Crippen LogP contribution in [-0.2, 0) is 11.2 Å². The topological polar surface area (TPSA) is 29.5 Å². The predicted octanol–water partition coefficient (Wildman–Crippen LogP) is 3.10. The van der Waals surface area contributed by atoms with E-state index in [0.29, 0.717) is 5.92 Å². The van der Waals surface area contributed by atoms with Gasteiger partial charge in [0.15, 0.2) is 0 Å². The molecule has 2 heteroatoms. The van der Waals surface area contributed by atoms with Crippen molar-refractivity contribution in [1.82, 2.24) is 0 Å². The fourth-order valence-corrected chi connectivity index (χ4v) is 2.44. The molecule has 1 fully saturated rings. The summed E-state index contributed by atoms with van der Waals surface area (Å²) in [5.41, 5.74) is 2.30. The van der Waals surface area contributed by atoms with Gasteiger partial charge in [0.25, 0.3) is 0 Å². The van der Waals surface area contributed by atoms with E-state index in [9.17, 15) is 5.11 Å². The van der Waals surface area contributed by atoms with Gasteiger partial charge in [-0.2, -0.15) is 0 Å². The Morgan fingerprint density at radius 1 is 1.41 bits per heavy atom. The first-order valence-electron chi connectivity index (χ1n) is 6.55. The van der Waals surface area contributed by atoms with Gasteiger partial charge < -0.3 is 9.84 Å². The molecule has 1 saturated heterocycles. The number of hydrogen-bond acceptors (Lipinski definition) is 2. The van der Waals surface area contributed by atoms with Crippen molar-refractivity contribution < 1.29 is 9.84 Å². The van der Waals surface area contributed by atoms with Gasteiger partial charge in [-0.1, -0.05) is 38.1 Å². The van der Waals surface area contributed by atoms with Crippen LogP contribution in [0, 0.1) is 5.92 Å². The molecule has 1 aromatic carbocycles. The van der Waals surface area contributed by atoms with Gasteiger partial charge in [0.05, 0.1) is 6.10 Å². The average molecular weight is 234 g/mol. The standard InChI is InChI=1S/C15H22O2/c1-11(2)9-12-5-3-6-13(10-12)15(16)14-7-4-8-17-14/h3,5-6,10-11,14-16H,4,7-9H2,1-2H3. The van der Waals surface area contributed by atoms with Gasteiger partial charge in [-0.3, -0.25) is 0 Å². The molecule has 0 aromatic heterocycles. The molecule has 0 radical (unpaired) electrons. The van der Waals surface area contributed by atoms with Crippen LogP contribution in [0.5, 0.6) is 0 Å². The molecule has 1 N–H and O–H groups in total. The molecular weight excluding hydrogens is 212 g/mol. The van der Waals surface area contributed by atoms with E-state index >= 15 is 0 Å². The first-order valence-corrected chi connectivity index (χ1v) is 6.55. The number of hydrogen-bond donors (Lipinski definition) is 1. The van der Waals surface area contributed by atoms with Crippen molar-refractivity contribution in [2.75, 3.05) is 6.61 Å². The lowest BCUT2D eigenvalue weighted by atomic mass is 9.96. The monoisotopic (exact) mass is 234 g/mol. The van der Waals surface area contributed by atoms with Gasteiger partial charge in [-0.15, -0.1) is 0 Å². The fourth-order valence-electron chi connectivity index (χ4n) is 2.44. The third-order valence-corrected chi connectivity index (χ3v) is 3.25. The molecular formula is C15H22O2. The maximum absolute atomic E-state index is 10.3. The van der Waals surface area contributed by atoms with E-state index in [4.69, 9.17) is 4.74 Å². The molecule has 2 atom stereocenters. The van der Waals surface area contributed by atoms with Crippen molar-refractivity contribution in [3.63, 3.8) is 0 Å². The summed E-state index contributed by atoms with van der Waals surface area (Å²) >= 11 is 0. The zero-order chi connectivity index (χ0) is 12.3. The van der Waals surface area contributed by atoms with Crippen molar-refractivity contribution in [3.05, 3.63) is 35.4 Å². The van der Waals surface area contributed by atoms with Crippen LogP contribution in [0.25, 0.3) is 0 Å². The summed E-state index contributed by atoms with van der Waals surface area (Å²) in [6.07, 6.45) is 2.61. The van der Waals surface area contributed by atoms with E-state index in [1.165, 1.54) is 5.56 Å². The normalized spacial score (nSPS) is 22.0. The van der Waals surface area contributed by atoms with Gasteiger partial charge in [0, 0.05) is 6.61 Å². The smallest absolute Gasteiger partial charge is 0.105 e. The average Bonchev–Trinajstić information content (AvgIpc) is 2.81. The van der Waals surface area contributed by atoms with Crippen molar-refractivity contribution in [2.24, 2.45) is 5.92 Å². The van der Waals surface area contributed by atoms with Gasteiger partial charge in [0.1, 0.15) is 6.10 Å². The van der Waals surface area contributed by atoms with Crippen molar-refractivity contribution in [1.29, 1.82) is 0 Å². The van der Waals surface area contributed by atoms with Crippen LogP contribution in [0.15, 0.2) is 24.3 Å². The molecule has 1 heterocycles. The van der Waals surface area contributed by atoms with Gasteiger partial charge in [-0.05, 0) is 36.3 Å². The summed E-state index contributed by atoms with van der Waals surface area (Å²) in [6, 6.07) is 8.28. The van der Waals surface area contributed by atoms with Gasteiger partial charge in [-0.25, -0.2) is 0 Å². The molecule has 2 unspecified atom stereocenters. The summed E-state index contributed by atoms with van der Waals surface area (Å²) in [5.74, 6) is 0.644. The first kappa shape index (κ1) is 12.6. The lowest BCUT2D eigenvalue weighted by Gasteiger charge is -2.18. The maximum Gasteiger partial charge on any atom is 0.105 e. The molecule has 2 nitrogen and oxygen atoms in total. The van der Waals surface area contributed by atoms with Crippen LogP contribution in [-0.4, -0.2) is 17.8 Å². The quantitative estimate of drug-likeness (QED) is 0.867. The zero-order valence-electron chi connectivity index (χ0n) is 10.7. The van der Waals surface area contributed by atoms with Crippen molar-refractivity contribution >= 4 is 0 Å². The molecule has 1 aliphatic heterocycles. The Balaban J connectivity index is 2.09. The molecule has 0 bridgehead atoms. The van der Waals surface area contributed by atoms with E-state index in [1.54, 1.807) is 0 Å². The highest BCUT2D eigenvalue weighted by atomic mass is 16.5. The van der Waals surface area contributed by atoms with E-state index in [1.807, 2.05) is 12.1 Å². The predicted molar refractivity (Wildman–Crippen MR) is 68.9 cm³/mol. The van der Waals surface area contributed by atoms with Gasteiger partial charge >= 0.3 is 0 Å². The Morgan fingerprint density at radius 2 is 2.24 bits per heavy atom. The number of benzene rings is 1. The molecule has 0 aliphatic carbocycles. The third kappa shape index (κ3) is 3.30. The fraction of sp³-hybridized carbons (Fsp3) is 0.600. The second-order valence-corrected chi connectivity index (χ2v) is 5.34. The number of rotatable bonds is 4. The van der Waals surface area contributed by atoms with E-state index < -0.39 is 6.10 Å². The molecule has 0 saturated carbocycles. The van der Waals surface area contributed by atoms with E-state index in [0.717, 1.165) is 31.4 Å². The molecule has 1 aliphatic rings. The Bertz CT molecular complexity index is 354. The first-order chi connectivity index (χ1) is 8.16. The minimum absolute atomic E-state index is 0.00991. The van der Waals surface area contributed by atoms with Crippen LogP contribution in [0.2, 0.25) is 0 Å². The molecule has 94 valence electrons. The minimum Gasteiger partial charge on any atom is -0.386 e. The molecule has 17 heavy (non-hydrogen) atoms. The van der Waals surface area contributed by atoms with Gasteiger partial charge in [0.2, 0.25) is 0 Å². The van der Waals surface area contributed by atoms with Crippen LogP contribution in [0.4, 0.5) is 0 Å². The lowest BCUT2D eigenvalue weighted by Crippen LogP contribution is -2.17. The summed E-state index contributed by atoms with van der Waals surface area (Å²) in [6.45, 7) is 5.21. The largest absolute Gasteiger partial charge is 0.386 e. The van der Waals surface area contributed by atoms with E-state index in [2.05, 4.69) is 26.0 Å². The Labute approximate surface area is 104 Å². The molecule has 0 spiro atoms. The van der Waals surface area contributed by atoms with E-state index in [-0.39, 0.29) is 6.10 Å².